The zero-order valence-corrected chi connectivity index (χ0v) is 22.6. The molecule has 36 heavy (non-hydrogen) atoms. The summed E-state index contributed by atoms with van der Waals surface area (Å²) in [5.74, 6) is 5.31. The van der Waals surface area contributed by atoms with Gasteiger partial charge in [0.2, 0.25) is 5.95 Å². The van der Waals surface area contributed by atoms with Gasteiger partial charge in [0, 0.05) is 5.54 Å². The molecule has 2 aromatic rings. The summed E-state index contributed by atoms with van der Waals surface area (Å²) < 4.78 is 6.27. The van der Waals surface area contributed by atoms with Crippen LogP contribution in [0.15, 0.2) is 18.3 Å². The molecule has 194 valence electrons. The number of ether oxygens (including phenoxy) is 1. The van der Waals surface area contributed by atoms with Gasteiger partial charge < -0.3 is 20.7 Å². The van der Waals surface area contributed by atoms with E-state index in [4.69, 9.17) is 21.3 Å². The molecule has 0 spiro atoms. The first-order valence-corrected chi connectivity index (χ1v) is 14.3. The van der Waals surface area contributed by atoms with Crippen molar-refractivity contribution in [2.45, 2.75) is 89.7 Å². The van der Waals surface area contributed by atoms with Gasteiger partial charge >= 0.3 is 0 Å². The van der Waals surface area contributed by atoms with Crippen LogP contribution >= 0.6 is 11.6 Å². The Hall–Kier alpha value is -2.05. The summed E-state index contributed by atoms with van der Waals surface area (Å²) in [7, 11) is 0. The van der Waals surface area contributed by atoms with Crippen LogP contribution in [0.3, 0.4) is 0 Å². The molecule has 7 rings (SSSR count). The van der Waals surface area contributed by atoms with Gasteiger partial charge in [-0.2, -0.15) is 4.98 Å². The highest BCUT2D eigenvalue weighted by molar-refractivity contribution is 6.32. The Morgan fingerprint density at radius 2 is 1.72 bits per heavy atom. The molecule has 4 bridgehead atoms. The highest BCUT2D eigenvalue weighted by atomic mass is 35.5. The molecule has 0 atom stereocenters. The fourth-order valence-electron chi connectivity index (χ4n) is 7.88. The number of hydrogen-bond acceptors (Lipinski definition) is 6. The van der Waals surface area contributed by atoms with Crippen LogP contribution in [-0.4, -0.2) is 34.7 Å². The normalized spacial score (nSPS) is 29.5. The van der Waals surface area contributed by atoms with E-state index in [1.54, 1.807) is 6.20 Å². The van der Waals surface area contributed by atoms with Crippen molar-refractivity contribution in [2.24, 2.45) is 17.8 Å². The van der Waals surface area contributed by atoms with Crippen LogP contribution in [0.4, 0.5) is 17.5 Å². The number of nitrogens with zero attached hydrogens (tertiary/aromatic N) is 2. The van der Waals surface area contributed by atoms with Crippen LogP contribution in [0, 0.1) is 24.7 Å². The van der Waals surface area contributed by atoms with Gasteiger partial charge in [-0.3, -0.25) is 0 Å². The Balaban J connectivity index is 1.26. The molecular weight excluding hydrogens is 470 g/mol. The first kappa shape index (κ1) is 24.3. The largest absolute Gasteiger partial charge is 0.489 e. The van der Waals surface area contributed by atoms with Gasteiger partial charge in [-0.1, -0.05) is 11.6 Å². The van der Waals surface area contributed by atoms with Crippen molar-refractivity contribution in [2.75, 3.05) is 23.7 Å². The Kier molecular flexibility index (Phi) is 6.53. The van der Waals surface area contributed by atoms with Crippen LogP contribution in [0.5, 0.6) is 5.75 Å². The number of benzene rings is 1. The molecule has 7 heteroatoms. The van der Waals surface area contributed by atoms with Gasteiger partial charge in [0.15, 0.2) is 5.82 Å². The monoisotopic (exact) mass is 509 g/mol. The number of anilines is 3. The number of hydrogen-bond donors (Lipinski definition) is 3. The van der Waals surface area contributed by atoms with Crippen LogP contribution in [0.25, 0.3) is 0 Å². The summed E-state index contributed by atoms with van der Waals surface area (Å²) in [6, 6.07) is 4.43. The first-order chi connectivity index (χ1) is 17.4. The maximum atomic E-state index is 6.63. The van der Waals surface area contributed by atoms with E-state index in [1.165, 1.54) is 49.7 Å². The van der Waals surface area contributed by atoms with Gasteiger partial charge in [0.05, 0.1) is 18.0 Å². The summed E-state index contributed by atoms with van der Waals surface area (Å²) in [6.07, 6.45) is 12.1. The highest BCUT2D eigenvalue weighted by Gasteiger charge is 2.51. The van der Waals surface area contributed by atoms with Crippen molar-refractivity contribution in [3.8, 4) is 5.75 Å². The Bertz CT molecular complexity index is 1080. The molecule has 4 aliphatic carbocycles. The summed E-state index contributed by atoms with van der Waals surface area (Å²) >= 11 is 6.63. The third kappa shape index (κ3) is 4.91. The Morgan fingerprint density at radius 3 is 2.36 bits per heavy atom. The lowest BCUT2D eigenvalue weighted by atomic mass is 9.53. The molecule has 0 radical (unpaired) electrons. The maximum absolute atomic E-state index is 6.63. The average Bonchev–Trinajstić information content (AvgIpc) is 2.82. The molecule has 1 saturated heterocycles. The fraction of sp³-hybridized carbons (Fsp3) is 0.655. The zero-order valence-electron chi connectivity index (χ0n) is 21.9. The van der Waals surface area contributed by atoms with Gasteiger partial charge in [-0.15, -0.1) is 0 Å². The van der Waals surface area contributed by atoms with Gasteiger partial charge in [0.25, 0.3) is 0 Å². The minimum atomic E-state index is 0.0774. The van der Waals surface area contributed by atoms with E-state index in [2.05, 4.69) is 53.8 Å². The summed E-state index contributed by atoms with van der Waals surface area (Å²) in [5.41, 5.74) is 3.71. The van der Waals surface area contributed by atoms with Crippen molar-refractivity contribution in [3.05, 3.63) is 34.5 Å². The molecule has 6 nitrogen and oxygen atoms in total. The lowest BCUT2D eigenvalue weighted by molar-refractivity contribution is 0.0105. The second-order valence-corrected chi connectivity index (χ2v) is 12.6. The fourth-order valence-corrected chi connectivity index (χ4v) is 8.01. The molecule has 5 fully saturated rings. The minimum Gasteiger partial charge on any atom is -0.489 e. The van der Waals surface area contributed by atoms with Gasteiger partial charge in [-0.25, -0.2) is 4.98 Å². The van der Waals surface area contributed by atoms with Gasteiger partial charge in [-0.05, 0) is 132 Å². The molecule has 0 amide bonds. The Morgan fingerprint density at radius 1 is 1.06 bits per heavy atom. The van der Waals surface area contributed by atoms with Crippen molar-refractivity contribution < 1.29 is 4.74 Å². The Labute approximate surface area is 220 Å². The van der Waals surface area contributed by atoms with E-state index in [9.17, 15) is 0 Å². The highest BCUT2D eigenvalue weighted by Crippen LogP contribution is 2.56. The number of rotatable bonds is 7. The van der Waals surface area contributed by atoms with Crippen LogP contribution < -0.4 is 20.7 Å². The quantitative estimate of drug-likeness (QED) is 0.380. The average molecular weight is 510 g/mol. The molecule has 1 aromatic heterocycles. The number of aromatic nitrogens is 2. The van der Waals surface area contributed by atoms with Crippen molar-refractivity contribution in [3.63, 3.8) is 0 Å². The SMILES string of the molecule is Cc1cc(Nc2ncc(Cl)c(NC34CC5CC(CC(C5)C3)C4)n2)c(OC(C)C)cc1C1CCNCC1. The van der Waals surface area contributed by atoms with Crippen molar-refractivity contribution in [1.82, 2.24) is 15.3 Å². The molecule has 1 aliphatic heterocycles. The van der Waals surface area contributed by atoms with E-state index in [-0.39, 0.29) is 11.6 Å². The minimum absolute atomic E-state index is 0.0774. The number of halogens is 1. The zero-order chi connectivity index (χ0) is 24.9. The molecular formula is C29H40ClN5O. The summed E-state index contributed by atoms with van der Waals surface area (Å²) in [4.78, 5) is 9.41. The molecule has 0 unspecified atom stereocenters. The van der Waals surface area contributed by atoms with E-state index in [1.807, 2.05) is 0 Å². The molecule has 4 saturated carbocycles. The number of piperidine rings is 1. The van der Waals surface area contributed by atoms with Crippen LogP contribution in [-0.2, 0) is 0 Å². The summed E-state index contributed by atoms with van der Waals surface area (Å²) in [6.45, 7) is 8.48. The topological polar surface area (TPSA) is 71.1 Å². The van der Waals surface area contributed by atoms with E-state index >= 15 is 0 Å². The van der Waals surface area contributed by atoms with Gasteiger partial charge in [0.1, 0.15) is 10.8 Å². The second kappa shape index (κ2) is 9.68. The van der Waals surface area contributed by atoms with E-state index in [0.717, 1.165) is 60.9 Å². The van der Waals surface area contributed by atoms with E-state index in [0.29, 0.717) is 16.9 Å². The van der Waals surface area contributed by atoms with Crippen molar-refractivity contribution in [1.29, 1.82) is 0 Å². The molecule has 3 N–H and O–H groups in total. The summed E-state index contributed by atoms with van der Waals surface area (Å²) in [5, 5.41) is 11.4. The standard InChI is InChI=1S/C29H40ClN5O/c1-17(2)36-26-12-23(22-4-6-31-7-5-22)18(3)8-25(26)33-28-32-16-24(30)27(34-28)35-29-13-19-9-20(14-29)11-21(10-19)15-29/h8,12,16-17,19-22,31H,4-7,9-11,13-15H2,1-3H3,(H2,32,33,34,35). The first-order valence-electron chi connectivity index (χ1n) is 14.0. The lowest BCUT2D eigenvalue weighted by Gasteiger charge is -2.57. The molecule has 2 heterocycles. The third-order valence-electron chi connectivity index (χ3n) is 8.92. The predicted octanol–water partition coefficient (Wildman–Crippen LogP) is 6.82. The maximum Gasteiger partial charge on any atom is 0.229 e. The lowest BCUT2D eigenvalue weighted by Crippen LogP contribution is -2.54. The van der Waals surface area contributed by atoms with Crippen LogP contribution in [0.2, 0.25) is 5.02 Å². The number of aryl methyl sites for hydroxylation is 1. The van der Waals surface area contributed by atoms with Crippen LogP contribution in [0.1, 0.15) is 82.3 Å². The molecule has 5 aliphatic rings. The van der Waals surface area contributed by atoms with Crippen molar-refractivity contribution >= 4 is 29.1 Å². The predicted molar refractivity (Wildman–Crippen MR) is 147 cm³/mol. The number of nitrogens with one attached hydrogen (secondary N) is 3. The molecule has 1 aromatic carbocycles. The second-order valence-electron chi connectivity index (χ2n) is 12.2. The smallest absolute Gasteiger partial charge is 0.229 e. The third-order valence-corrected chi connectivity index (χ3v) is 9.20. The van der Waals surface area contributed by atoms with E-state index < -0.39 is 0 Å².